The lowest BCUT2D eigenvalue weighted by molar-refractivity contribution is -0.118. The minimum absolute atomic E-state index is 0.238. The van der Waals surface area contributed by atoms with E-state index in [9.17, 15) is 9.59 Å². The summed E-state index contributed by atoms with van der Waals surface area (Å²) in [6.07, 6.45) is 8.71. The molecule has 1 amide bonds. The summed E-state index contributed by atoms with van der Waals surface area (Å²) in [5.74, 6) is 1.19. The summed E-state index contributed by atoms with van der Waals surface area (Å²) < 4.78 is 0. The first-order valence-electron chi connectivity index (χ1n) is 12.4. The Hall–Kier alpha value is -2.46. The van der Waals surface area contributed by atoms with Crippen molar-refractivity contribution in [2.24, 2.45) is 5.92 Å². The van der Waals surface area contributed by atoms with Gasteiger partial charge in [-0.3, -0.25) is 9.59 Å². The lowest BCUT2D eigenvalue weighted by Crippen LogP contribution is -2.34. The number of Topliss-reactive ketones (excluding diaryl/α,β-unsaturated/α-hetero) is 1. The molecule has 0 radical (unpaired) electrons. The maximum atomic E-state index is 13.0. The predicted octanol–water partition coefficient (Wildman–Crippen LogP) is 4.83. The molecule has 5 rings (SSSR count). The van der Waals surface area contributed by atoms with E-state index in [1.54, 1.807) is 0 Å². The van der Waals surface area contributed by atoms with Gasteiger partial charge in [0.1, 0.15) is 0 Å². The first-order valence-corrected chi connectivity index (χ1v) is 12.4. The van der Waals surface area contributed by atoms with Gasteiger partial charge in [0.25, 0.3) is 0 Å². The average Bonchev–Trinajstić information content (AvgIpc) is 3.27. The fourth-order valence-corrected chi connectivity index (χ4v) is 5.75. The zero-order valence-electron chi connectivity index (χ0n) is 19.0. The second-order valence-corrected chi connectivity index (χ2v) is 9.77. The van der Waals surface area contributed by atoms with Crippen LogP contribution in [0.15, 0.2) is 42.5 Å². The topological polar surface area (TPSA) is 40.6 Å². The molecule has 1 saturated heterocycles. The molecule has 2 aromatic carbocycles. The molecule has 0 atom stereocenters. The molecule has 4 nitrogen and oxygen atoms in total. The third kappa shape index (κ3) is 4.66. The molecule has 3 aliphatic heterocycles. The summed E-state index contributed by atoms with van der Waals surface area (Å²) >= 11 is 0. The van der Waals surface area contributed by atoms with Crippen LogP contribution in [0.5, 0.6) is 0 Å². The van der Waals surface area contributed by atoms with E-state index in [1.165, 1.54) is 55.6 Å². The highest BCUT2D eigenvalue weighted by molar-refractivity contribution is 6.02. The Bertz CT molecular complexity index is 976. The number of benzene rings is 2. The molecule has 0 N–H and O–H groups in total. The van der Waals surface area contributed by atoms with E-state index >= 15 is 0 Å². The lowest BCUT2D eigenvalue weighted by Gasteiger charge is -2.32. The number of amides is 1. The number of carbonyl (C=O) groups excluding carboxylic acids is 2. The van der Waals surface area contributed by atoms with Crippen molar-refractivity contribution in [1.29, 1.82) is 0 Å². The van der Waals surface area contributed by atoms with Crippen LogP contribution >= 0.6 is 0 Å². The van der Waals surface area contributed by atoms with Gasteiger partial charge in [-0.1, -0.05) is 30.3 Å². The second kappa shape index (κ2) is 9.58. The van der Waals surface area contributed by atoms with Gasteiger partial charge in [0.05, 0.1) is 5.69 Å². The smallest absolute Gasteiger partial charge is 0.227 e. The average molecular weight is 431 g/mol. The maximum absolute atomic E-state index is 13.0. The minimum atomic E-state index is 0.238. The second-order valence-electron chi connectivity index (χ2n) is 9.77. The van der Waals surface area contributed by atoms with Crippen molar-refractivity contribution in [3.8, 4) is 0 Å². The van der Waals surface area contributed by atoms with E-state index in [2.05, 4.69) is 47.4 Å². The standard InChI is InChI=1S/C28H34N2O2/c31-26(25-19-23-9-11-27(32)30-18-14-24(20-25)28(23)30)10-8-22-12-16-29(17-13-22)15-4-7-21-5-2-1-3-6-21/h1-3,5-6,19-20,22H,4,7-18H2. The van der Waals surface area contributed by atoms with Crippen molar-refractivity contribution >= 4 is 17.4 Å². The van der Waals surface area contributed by atoms with Crippen LogP contribution in [0.25, 0.3) is 0 Å². The van der Waals surface area contributed by atoms with E-state index in [0.717, 1.165) is 43.5 Å². The Morgan fingerprint density at radius 1 is 0.938 bits per heavy atom. The highest BCUT2D eigenvalue weighted by Crippen LogP contribution is 2.38. The Morgan fingerprint density at radius 3 is 2.47 bits per heavy atom. The van der Waals surface area contributed by atoms with Crippen molar-refractivity contribution in [2.45, 2.75) is 57.8 Å². The molecule has 0 aromatic heterocycles. The van der Waals surface area contributed by atoms with Gasteiger partial charge in [-0.25, -0.2) is 0 Å². The summed E-state index contributed by atoms with van der Waals surface area (Å²) in [6, 6.07) is 14.9. The van der Waals surface area contributed by atoms with Crippen LogP contribution < -0.4 is 4.90 Å². The van der Waals surface area contributed by atoms with E-state index in [4.69, 9.17) is 0 Å². The molecule has 1 fully saturated rings. The van der Waals surface area contributed by atoms with Crippen molar-refractivity contribution < 1.29 is 9.59 Å². The van der Waals surface area contributed by atoms with Crippen molar-refractivity contribution in [2.75, 3.05) is 31.1 Å². The number of ketones is 1. The Kier molecular flexibility index (Phi) is 6.40. The fourth-order valence-electron chi connectivity index (χ4n) is 5.75. The summed E-state index contributed by atoms with van der Waals surface area (Å²) in [4.78, 5) is 29.6. The Labute approximate surface area is 191 Å². The normalized spacial score (nSPS) is 18.8. The quantitative estimate of drug-likeness (QED) is 0.563. The molecule has 0 unspecified atom stereocenters. The molecular formula is C28H34N2O2. The summed E-state index contributed by atoms with van der Waals surface area (Å²) in [5.41, 5.74) is 5.81. The van der Waals surface area contributed by atoms with Gasteiger partial charge in [-0.2, -0.15) is 0 Å². The summed E-state index contributed by atoms with van der Waals surface area (Å²) in [6.45, 7) is 4.29. The monoisotopic (exact) mass is 430 g/mol. The molecule has 168 valence electrons. The molecule has 0 bridgehead atoms. The number of aryl methyl sites for hydroxylation is 2. The first kappa shape index (κ1) is 21.4. The molecule has 0 spiro atoms. The molecule has 0 saturated carbocycles. The molecule has 3 aliphatic rings. The third-order valence-corrected chi connectivity index (χ3v) is 7.64. The predicted molar refractivity (Wildman–Crippen MR) is 128 cm³/mol. The zero-order chi connectivity index (χ0) is 21.9. The molecular weight excluding hydrogens is 396 g/mol. The van der Waals surface area contributed by atoms with Gasteiger partial charge in [0, 0.05) is 24.9 Å². The van der Waals surface area contributed by atoms with Gasteiger partial charge >= 0.3 is 0 Å². The number of piperidine rings is 1. The van der Waals surface area contributed by atoms with Crippen molar-refractivity contribution in [3.05, 3.63) is 64.7 Å². The Morgan fingerprint density at radius 2 is 1.69 bits per heavy atom. The van der Waals surface area contributed by atoms with Crippen LogP contribution in [-0.4, -0.2) is 42.8 Å². The van der Waals surface area contributed by atoms with Gasteiger partial charge < -0.3 is 9.80 Å². The van der Waals surface area contributed by atoms with Crippen LogP contribution in [0, 0.1) is 5.92 Å². The lowest BCUT2D eigenvalue weighted by atomic mass is 9.89. The largest absolute Gasteiger partial charge is 0.312 e. The number of rotatable bonds is 8. The number of nitrogens with zero attached hydrogens (tertiary/aromatic N) is 2. The van der Waals surface area contributed by atoms with Crippen molar-refractivity contribution in [1.82, 2.24) is 4.90 Å². The van der Waals surface area contributed by atoms with Gasteiger partial charge in [0.2, 0.25) is 5.91 Å². The number of hydrogen-bond acceptors (Lipinski definition) is 3. The first-order chi connectivity index (χ1) is 15.7. The molecule has 2 aromatic rings. The number of hydrogen-bond donors (Lipinski definition) is 0. The third-order valence-electron chi connectivity index (χ3n) is 7.64. The van der Waals surface area contributed by atoms with Gasteiger partial charge in [-0.15, -0.1) is 0 Å². The van der Waals surface area contributed by atoms with E-state index < -0.39 is 0 Å². The van der Waals surface area contributed by atoms with Gasteiger partial charge in [0.15, 0.2) is 5.78 Å². The molecule has 32 heavy (non-hydrogen) atoms. The number of likely N-dealkylation sites (tertiary alicyclic amines) is 1. The van der Waals surface area contributed by atoms with Crippen LogP contribution in [0.4, 0.5) is 5.69 Å². The van der Waals surface area contributed by atoms with E-state index in [1.807, 2.05) is 4.90 Å². The maximum Gasteiger partial charge on any atom is 0.227 e. The Balaban J connectivity index is 1.07. The minimum Gasteiger partial charge on any atom is -0.312 e. The number of anilines is 1. The zero-order valence-corrected chi connectivity index (χ0v) is 19.0. The fraction of sp³-hybridized carbons (Fsp3) is 0.500. The van der Waals surface area contributed by atoms with Crippen LogP contribution in [0.2, 0.25) is 0 Å². The van der Waals surface area contributed by atoms with Crippen molar-refractivity contribution in [3.63, 3.8) is 0 Å². The SMILES string of the molecule is O=C(CCC1CCN(CCCc2ccccc2)CC1)c1cc2c3c(c1)CCN3C(=O)CC2. The summed E-state index contributed by atoms with van der Waals surface area (Å²) in [5, 5.41) is 0. The highest BCUT2D eigenvalue weighted by Gasteiger charge is 2.32. The van der Waals surface area contributed by atoms with E-state index in [0.29, 0.717) is 18.8 Å². The van der Waals surface area contributed by atoms with Gasteiger partial charge in [-0.05, 0) is 99.3 Å². The van der Waals surface area contributed by atoms with Crippen LogP contribution in [0.1, 0.15) is 65.6 Å². The van der Waals surface area contributed by atoms with E-state index in [-0.39, 0.29) is 11.7 Å². The highest BCUT2D eigenvalue weighted by atomic mass is 16.2. The van der Waals surface area contributed by atoms with Crippen LogP contribution in [-0.2, 0) is 24.1 Å². The molecule has 3 heterocycles. The molecule has 0 aliphatic carbocycles. The van der Waals surface area contributed by atoms with Crippen LogP contribution in [0.3, 0.4) is 0 Å². The number of carbonyl (C=O) groups is 2. The molecule has 4 heteroatoms. The summed E-state index contributed by atoms with van der Waals surface area (Å²) in [7, 11) is 0.